The van der Waals surface area contributed by atoms with Crippen molar-refractivity contribution in [3.8, 4) is 0 Å². The van der Waals surface area contributed by atoms with Crippen LogP contribution in [0.3, 0.4) is 0 Å². The van der Waals surface area contributed by atoms with E-state index in [9.17, 15) is 14.4 Å². The normalized spacial score (nSPS) is 16.2. The van der Waals surface area contributed by atoms with Gasteiger partial charge in [0.1, 0.15) is 12.3 Å². The predicted molar refractivity (Wildman–Crippen MR) is 87.1 cm³/mol. The molecule has 0 aromatic carbocycles. The van der Waals surface area contributed by atoms with E-state index in [4.69, 9.17) is 4.42 Å². The Bertz CT molecular complexity index is 585. The summed E-state index contributed by atoms with van der Waals surface area (Å²) in [4.78, 5) is 39.9. The summed E-state index contributed by atoms with van der Waals surface area (Å²) in [5.41, 5.74) is 0. The van der Waals surface area contributed by atoms with E-state index in [1.54, 1.807) is 13.3 Å². The number of hydrogen-bond acceptors (Lipinski definition) is 5. The number of amides is 4. The molecule has 1 unspecified atom stereocenters. The molecule has 1 saturated heterocycles. The minimum Gasteiger partial charge on any atom is -0.468 e. The van der Waals surface area contributed by atoms with E-state index in [-0.39, 0.29) is 43.4 Å². The van der Waals surface area contributed by atoms with Gasteiger partial charge >= 0.3 is 6.03 Å². The molecule has 24 heavy (non-hydrogen) atoms. The van der Waals surface area contributed by atoms with E-state index >= 15 is 0 Å². The molecule has 0 bridgehead atoms. The number of nitrogens with zero attached hydrogens (tertiary/aromatic N) is 3. The topological polar surface area (TPSA) is 86.1 Å². The smallest absolute Gasteiger partial charge is 0.326 e. The van der Waals surface area contributed by atoms with Gasteiger partial charge in [-0.3, -0.25) is 19.4 Å². The first-order valence-electron chi connectivity index (χ1n) is 7.92. The van der Waals surface area contributed by atoms with Crippen LogP contribution >= 0.6 is 0 Å². The van der Waals surface area contributed by atoms with Gasteiger partial charge < -0.3 is 14.6 Å². The maximum absolute atomic E-state index is 12.0. The number of nitrogens with one attached hydrogen (secondary N) is 1. The van der Waals surface area contributed by atoms with E-state index < -0.39 is 0 Å². The van der Waals surface area contributed by atoms with E-state index in [0.717, 1.165) is 5.76 Å². The molecule has 1 aliphatic heterocycles. The third-order valence-electron chi connectivity index (χ3n) is 4.00. The molecular formula is C16H24N4O4. The van der Waals surface area contributed by atoms with Crippen molar-refractivity contribution in [2.45, 2.75) is 18.9 Å². The third-order valence-corrected chi connectivity index (χ3v) is 4.00. The Balaban J connectivity index is 1.73. The second-order valence-corrected chi connectivity index (χ2v) is 6.09. The summed E-state index contributed by atoms with van der Waals surface area (Å²) in [5, 5.41) is 2.87. The summed E-state index contributed by atoms with van der Waals surface area (Å²) in [7, 11) is 5.42. The molecular weight excluding hydrogens is 312 g/mol. The molecule has 2 heterocycles. The summed E-state index contributed by atoms with van der Waals surface area (Å²) in [5.74, 6) is 0.464. The molecule has 0 saturated carbocycles. The van der Waals surface area contributed by atoms with Crippen molar-refractivity contribution in [3.05, 3.63) is 24.2 Å². The molecule has 4 amide bonds. The Morgan fingerprint density at radius 3 is 2.71 bits per heavy atom. The fourth-order valence-electron chi connectivity index (χ4n) is 2.60. The van der Waals surface area contributed by atoms with Crippen LogP contribution in [0, 0.1) is 0 Å². The number of likely N-dealkylation sites (N-methyl/N-ethyl adjacent to an activating group) is 2. The number of urea groups is 1. The average Bonchev–Trinajstić information content (AvgIpc) is 3.11. The Morgan fingerprint density at radius 2 is 2.17 bits per heavy atom. The largest absolute Gasteiger partial charge is 0.468 e. The lowest BCUT2D eigenvalue weighted by Gasteiger charge is -2.22. The Kier molecular flexibility index (Phi) is 5.97. The third kappa shape index (κ3) is 4.35. The van der Waals surface area contributed by atoms with Crippen molar-refractivity contribution in [1.82, 2.24) is 20.0 Å². The van der Waals surface area contributed by atoms with Crippen LogP contribution in [0.2, 0.25) is 0 Å². The van der Waals surface area contributed by atoms with Gasteiger partial charge in [0.05, 0.1) is 12.3 Å². The Morgan fingerprint density at radius 1 is 1.42 bits per heavy atom. The van der Waals surface area contributed by atoms with Crippen molar-refractivity contribution in [2.24, 2.45) is 0 Å². The quantitative estimate of drug-likeness (QED) is 0.705. The molecule has 1 atom stereocenters. The first-order chi connectivity index (χ1) is 11.4. The standard InChI is InChI=1S/C16H24N4O4/c1-18(2)12(13-6-5-9-24-13)10-17-14(21)7-4-8-20-15(22)11-19(3)16(20)23/h5-6,9,12H,4,7-8,10-11H2,1-3H3,(H,17,21). The van der Waals surface area contributed by atoms with Crippen LogP contribution in [0.1, 0.15) is 24.6 Å². The van der Waals surface area contributed by atoms with Gasteiger partial charge in [0.15, 0.2) is 0 Å². The number of rotatable bonds is 8. The van der Waals surface area contributed by atoms with E-state index in [2.05, 4.69) is 5.32 Å². The Hall–Kier alpha value is -2.35. The summed E-state index contributed by atoms with van der Waals surface area (Å²) >= 11 is 0. The first kappa shape index (κ1) is 18.0. The molecule has 1 N–H and O–H groups in total. The lowest BCUT2D eigenvalue weighted by atomic mass is 10.2. The molecule has 1 aromatic rings. The highest BCUT2D eigenvalue weighted by molar-refractivity contribution is 6.01. The van der Waals surface area contributed by atoms with E-state index in [0.29, 0.717) is 13.0 Å². The zero-order valence-corrected chi connectivity index (χ0v) is 14.3. The second-order valence-electron chi connectivity index (χ2n) is 6.09. The van der Waals surface area contributed by atoms with Gasteiger partial charge in [0.25, 0.3) is 0 Å². The molecule has 1 fully saturated rings. The SMILES string of the molecule is CN1CC(=O)N(CCCC(=O)NCC(c2ccco2)N(C)C)C1=O. The average molecular weight is 336 g/mol. The highest BCUT2D eigenvalue weighted by Gasteiger charge is 2.32. The van der Waals surface area contributed by atoms with Gasteiger partial charge in [0, 0.05) is 26.6 Å². The monoisotopic (exact) mass is 336 g/mol. The molecule has 8 heteroatoms. The maximum Gasteiger partial charge on any atom is 0.326 e. The summed E-state index contributed by atoms with van der Waals surface area (Å²) in [6.07, 6.45) is 2.32. The van der Waals surface area contributed by atoms with Gasteiger partial charge in [0.2, 0.25) is 11.8 Å². The highest BCUT2D eigenvalue weighted by atomic mass is 16.3. The van der Waals surface area contributed by atoms with Crippen LogP contribution in [0.4, 0.5) is 4.79 Å². The molecule has 1 aliphatic rings. The van der Waals surface area contributed by atoms with Crippen LogP contribution in [0.15, 0.2) is 22.8 Å². The van der Waals surface area contributed by atoms with E-state index in [1.807, 2.05) is 31.1 Å². The molecule has 0 aliphatic carbocycles. The Labute approximate surface area is 141 Å². The van der Waals surface area contributed by atoms with Crippen LogP contribution in [0.25, 0.3) is 0 Å². The summed E-state index contributed by atoms with van der Waals surface area (Å²) in [6.45, 7) is 0.813. The lowest BCUT2D eigenvalue weighted by molar-refractivity contribution is -0.126. The minimum absolute atomic E-state index is 0.0423. The minimum atomic E-state index is -0.300. The van der Waals surface area contributed by atoms with Crippen LogP contribution in [-0.2, 0) is 9.59 Å². The second kappa shape index (κ2) is 7.96. The molecule has 132 valence electrons. The van der Waals surface area contributed by atoms with Crippen molar-refractivity contribution in [3.63, 3.8) is 0 Å². The van der Waals surface area contributed by atoms with Crippen LogP contribution in [-0.4, -0.2) is 73.3 Å². The number of carbonyl (C=O) groups excluding carboxylic acids is 3. The van der Waals surface area contributed by atoms with Crippen molar-refractivity contribution in [2.75, 3.05) is 40.8 Å². The fraction of sp³-hybridized carbons (Fsp3) is 0.562. The number of imide groups is 1. The van der Waals surface area contributed by atoms with Gasteiger partial charge in [-0.15, -0.1) is 0 Å². The van der Waals surface area contributed by atoms with E-state index in [1.165, 1.54) is 9.80 Å². The molecule has 1 aromatic heterocycles. The van der Waals surface area contributed by atoms with Crippen LogP contribution < -0.4 is 5.32 Å². The van der Waals surface area contributed by atoms with Gasteiger partial charge in [-0.25, -0.2) is 4.79 Å². The van der Waals surface area contributed by atoms with Gasteiger partial charge in [-0.05, 0) is 32.6 Å². The highest BCUT2D eigenvalue weighted by Crippen LogP contribution is 2.17. The van der Waals surface area contributed by atoms with Gasteiger partial charge in [-0.1, -0.05) is 0 Å². The van der Waals surface area contributed by atoms with Gasteiger partial charge in [-0.2, -0.15) is 0 Å². The predicted octanol–water partition coefficient (Wildman–Crippen LogP) is 0.673. The number of furan rings is 1. The van der Waals surface area contributed by atoms with Crippen molar-refractivity contribution < 1.29 is 18.8 Å². The van der Waals surface area contributed by atoms with Crippen LogP contribution in [0.5, 0.6) is 0 Å². The summed E-state index contributed by atoms with van der Waals surface area (Å²) in [6, 6.07) is 3.34. The zero-order chi connectivity index (χ0) is 17.7. The summed E-state index contributed by atoms with van der Waals surface area (Å²) < 4.78 is 5.39. The molecule has 0 spiro atoms. The molecule has 2 rings (SSSR count). The molecule has 8 nitrogen and oxygen atoms in total. The number of carbonyl (C=O) groups is 3. The fourth-order valence-corrected chi connectivity index (χ4v) is 2.60. The lowest BCUT2D eigenvalue weighted by Crippen LogP contribution is -2.35. The zero-order valence-electron chi connectivity index (χ0n) is 14.3. The number of hydrogen-bond donors (Lipinski definition) is 1. The van der Waals surface area contributed by atoms with Crippen molar-refractivity contribution in [1.29, 1.82) is 0 Å². The molecule has 0 radical (unpaired) electrons. The maximum atomic E-state index is 12.0. The first-order valence-corrected chi connectivity index (χ1v) is 7.92. The van der Waals surface area contributed by atoms with Crippen molar-refractivity contribution >= 4 is 17.8 Å².